The van der Waals surface area contributed by atoms with Crippen molar-refractivity contribution >= 4 is 23.2 Å². The van der Waals surface area contributed by atoms with E-state index in [1.165, 1.54) is 4.90 Å². The van der Waals surface area contributed by atoms with Crippen LogP contribution in [0.25, 0.3) is 5.57 Å². The molecule has 1 saturated heterocycles. The van der Waals surface area contributed by atoms with Gasteiger partial charge in [0.1, 0.15) is 12.2 Å². The number of aromatic nitrogens is 4. The second-order valence-electron chi connectivity index (χ2n) is 7.29. The van der Waals surface area contributed by atoms with E-state index in [9.17, 15) is 22.4 Å². The fourth-order valence-electron chi connectivity index (χ4n) is 3.86. The lowest BCUT2D eigenvalue weighted by Gasteiger charge is -2.34. The molecule has 2 aromatic heterocycles. The molecule has 2 aromatic rings. The molecule has 0 aromatic carbocycles. The van der Waals surface area contributed by atoms with Crippen LogP contribution in [0.3, 0.4) is 0 Å². The Kier molecular flexibility index (Phi) is 5.08. The Labute approximate surface area is 169 Å². The van der Waals surface area contributed by atoms with Crippen molar-refractivity contribution in [3.8, 4) is 0 Å². The van der Waals surface area contributed by atoms with Crippen molar-refractivity contribution in [2.24, 2.45) is 7.05 Å². The number of hydrogen-bond acceptors (Lipinski definition) is 5. The second kappa shape index (κ2) is 7.58. The summed E-state index contributed by atoms with van der Waals surface area (Å²) < 4.78 is 53.3. The zero-order valence-electron chi connectivity index (χ0n) is 15.9. The first kappa shape index (κ1) is 20.1. The predicted molar refractivity (Wildman–Crippen MR) is 99.2 cm³/mol. The summed E-state index contributed by atoms with van der Waals surface area (Å²) in [6, 6.07) is -1.49. The molecule has 2 atom stereocenters. The molecule has 2 aliphatic heterocycles. The van der Waals surface area contributed by atoms with Crippen LogP contribution >= 0.6 is 0 Å². The number of rotatable bonds is 4. The van der Waals surface area contributed by atoms with Crippen LogP contribution < -0.4 is 10.6 Å². The third-order valence-corrected chi connectivity index (χ3v) is 5.08. The average Bonchev–Trinajstić information content (AvgIpc) is 3.20. The number of aryl methyl sites for hydroxylation is 1. The van der Waals surface area contributed by atoms with Crippen LogP contribution in [0.4, 0.5) is 34.0 Å². The maximum Gasteiger partial charge on any atom is 0.405 e. The van der Waals surface area contributed by atoms with Crippen molar-refractivity contribution < 1.29 is 22.4 Å². The normalized spacial score (nSPS) is 20.8. The van der Waals surface area contributed by atoms with Gasteiger partial charge in [0.15, 0.2) is 5.82 Å². The highest BCUT2D eigenvalue weighted by Crippen LogP contribution is 2.38. The molecule has 4 rings (SSSR count). The third-order valence-electron chi connectivity index (χ3n) is 5.08. The molecule has 0 spiro atoms. The SMILES string of the molecule is Cn1cc(Nc2ncc(F)c(C3=C[C@H]4CC[C@@H](C3)N4C(=O)NCC(F)(F)F)n2)cn1. The summed E-state index contributed by atoms with van der Waals surface area (Å²) in [5.74, 6) is -0.412. The number of alkyl halides is 3. The van der Waals surface area contributed by atoms with E-state index in [1.807, 2.05) is 5.32 Å². The molecule has 0 unspecified atom stereocenters. The summed E-state index contributed by atoms with van der Waals surface area (Å²) >= 11 is 0. The fourth-order valence-corrected chi connectivity index (χ4v) is 3.86. The molecule has 30 heavy (non-hydrogen) atoms. The van der Waals surface area contributed by atoms with Gasteiger partial charge in [0.2, 0.25) is 5.95 Å². The minimum atomic E-state index is -4.48. The van der Waals surface area contributed by atoms with Crippen LogP contribution in [0, 0.1) is 5.82 Å². The van der Waals surface area contributed by atoms with Gasteiger partial charge in [0.25, 0.3) is 0 Å². The van der Waals surface area contributed by atoms with Gasteiger partial charge in [0.05, 0.1) is 24.1 Å². The second-order valence-corrected chi connectivity index (χ2v) is 7.29. The molecule has 2 bridgehead atoms. The lowest BCUT2D eigenvalue weighted by molar-refractivity contribution is -0.123. The molecule has 4 heterocycles. The molecule has 2 aliphatic rings. The number of amides is 2. The molecule has 0 radical (unpaired) electrons. The molecule has 0 aliphatic carbocycles. The maximum absolute atomic E-state index is 14.5. The Morgan fingerprint density at radius 2 is 2.10 bits per heavy atom. The maximum atomic E-state index is 14.5. The molecule has 2 N–H and O–H groups in total. The van der Waals surface area contributed by atoms with Crippen LogP contribution in [0.2, 0.25) is 0 Å². The zero-order chi connectivity index (χ0) is 21.5. The number of carbonyl (C=O) groups excluding carboxylic acids is 1. The quantitative estimate of drug-likeness (QED) is 0.736. The fraction of sp³-hybridized carbons (Fsp3) is 0.444. The topological polar surface area (TPSA) is 88.0 Å². The van der Waals surface area contributed by atoms with Gasteiger partial charge in [-0.1, -0.05) is 6.08 Å². The molecule has 8 nitrogen and oxygen atoms in total. The molecule has 160 valence electrons. The number of halogens is 4. The van der Waals surface area contributed by atoms with E-state index in [2.05, 4.69) is 20.4 Å². The molecule has 0 saturated carbocycles. The highest BCUT2D eigenvalue weighted by Gasteiger charge is 2.41. The molecule has 12 heteroatoms. The molecule has 1 fully saturated rings. The van der Waals surface area contributed by atoms with Crippen molar-refractivity contribution in [1.82, 2.24) is 30.0 Å². The number of carbonyl (C=O) groups is 1. The lowest BCUT2D eigenvalue weighted by atomic mass is 9.98. The first-order valence-corrected chi connectivity index (χ1v) is 9.32. The van der Waals surface area contributed by atoms with Crippen molar-refractivity contribution in [3.05, 3.63) is 36.2 Å². The summed E-state index contributed by atoms with van der Waals surface area (Å²) in [6.07, 6.45) is 3.10. The van der Waals surface area contributed by atoms with Gasteiger partial charge in [0, 0.05) is 19.3 Å². The Morgan fingerprint density at radius 1 is 1.30 bits per heavy atom. The van der Waals surface area contributed by atoms with Crippen LogP contribution in [0.5, 0.6) is 0 Å². The standard InChI is InChI=1S/C18H19F4N7O/c1-28-8-11(6-25-28)26-16-23-7-14(19)15(27-16)10-4-12-2-3-13(5-10)29(12)17(30)24-9-18(20,21)22/h4,6-8,12-13H,2-3,5,9H2,1H3,(H,24,30)(H,23,26,27)/t12-,13+/m1/s1. The van der Waals surface area contributed by atoms with Gasteiger partial charge < -0.3 is 15.5 Å². The van der Waals surface area contributed by atoms with Gasteiger partial charge >= 0.3 is 12.2 Å². The van der Waals surface area contributed by atoms with Gasteiger partial charge in [-0.25, -0.2) is 19.2 Å². The number of hydrogen-bond donors (Lipinski definition) is 2. The number of nitrogens with one attached hydrogen (secondary N) is 2. The average molecular weight is 425 g/mol. The molecular weight excluding hydrogens is 406 g/mol. The van der Waals surface area contributed by atoms with Gasteiger partial charge in [-0.2, -0.15) is 18.3 Å². The van der Waals surface area contributed by atoms with Crippen LogP contribution in [-0.4, -0.2) is 55.5 Å². The highest BCUT2D eigenvalue weighted by atomic mass is 19.4. The van der Waals surface area contributed by atoms with Crippen molar-refractivity contribution in [3.63, 3.8) is 0 Å². The zero-order valence-corrected chi connectivity index (χ0v) is 15.9. The Balaban J connectivity index is 1.53. The predicted octanol–water partition coefficient (Wildman–Crippen LogP) is 2.98. The first-order valence-electron chi connectivity index (χ1n) is 9.32. The third kappa shape index (κ3) is 4.21. The van der Waals surface area contributed by atoms with Gasteiger partial charge in [-0.15, -0.1) is 0 Å². The van der Waals surface area contributed by atoms with E-state index < -0.39 is 30.6 Å². The van der Waals surface area contributed by atoms with Crippen molar-refractivity contribution in [1.29, 1.82) is 0 Å². The van der Waals surface area contributed by atoms with Crippen LogP contribution in [0.15, 0.2) is 24.7 Å². The van der Waals surface area contributed by atoms with E-state index >= 15 is 0 Å². The Hall–Kier alpha value is -3.18. The Morgan fingerprint density at radius 3 is 2.77 bits per heavy atom. The van der Waals surface area contributed by atoms with Gasteiger partial charge in [-0.3, -0.25) is 4.68 Å². The van der Waals surface area contributed by atoms with E-state index in [-0.39, 0.29) is 17.7 Å². The minimum absolute atomic E-state index is 0.114. The monoisotopic (exact) mass is 425 g/mol. The summed E-state index contributed by atoms with van der Waals surface area (Å²) in [6.45, 7) is -1.39. The highest BCUT2D eigenvalue weighted by molar-refractivity contribution is 5.78. The van der Waals surface area contributed by atoms with E-state index in [0.717, 1.165) is 6.20 Å². The summed E-state index contributed by atoms with van der Waals surface area (Å²) in [4.78, 5) is 21.9. The molecule has 2 amide bonds. The van der Waals surface area contributed by atoms with Crippen LogP contribution in [0.1, 0.15) is 25.0 Å². The smallest absolute Gasteiger partial charge is 0.329 e. The van der Waals surface area contributed by atoms with E-state index in [0.29, 0.717) is 30.5 Å². The first-order chi connectivity index (χ1) is 14.2. The summed E-state index contributed by atoms with van der Waals surface area (Å²) in [7, 11) is 1.75. The number of anilines is 2. The molecular formula is C18H19F4N7O. The Bertz CT molecular complexity index is 987. The lowest BCUT2D eigenvalue weighted by Crippen LogP contribution is -2.50. The summed E-state index contributed by atoms with van der Waals surface area (Å²) in [5.41, 5.74) is 1.36. The summed E-state index contributed by atoms with van der Waals surface area (Å²) in [5, 5.41) is 8.88. The van der Waals surface area contributed by atoms with Crippen LogP contribution in [-0.2, 0) is 7.05 Å². The van der Waals surface area contributed by atoms with E-state index in [1.54, 1.807) is 30.2 Å². The number of nitrogens with zero attached hydrogens (tertiary/aromatic N) is 5. The van der Waals surface area contributed by atoms with E-state index in [4.69, 9.17) is 0 Å². The van der Waals surface area contributed by atoms with Gasteiger partial charge in [-0.05, 0) is 24.8 Å². The number of fused-ring (bicyclic) bond motifs is 2. The largest absolute Gasteiger partial charge is 0.405 e. The van der Waals surface area contributed by atoms with Crippen molar-refractivity contribution in [2.45, 2.75) is 37.5 Å². The minimum Gasteiger partial charge on any atom is -0.329 e. The van der Waals surface area contributed by atoms with Crippen molar-refractivity contribution in [2.75, 3.05) is 11.9 Å². The number of urea groups is 1.